The van der Waals surface area contributed by atoms with Crippen molar-refractivity contribution >= 4 is 28.3 Å². The molecule has 1 amide bonds. The Bertz CT molecular complexity index is 680. The van der Waals surface area contributed by atoms with E-state index in [9.17, 15) is 9.59 Å². The first-order chi connectivity index (χ1) is 11.0. The summed E-state index contributed by atoms with van der Waals surface area (Å²) < 4.78 is 5.30. The maximum Gasteiger partial charge on any atom is 0.350 e. The van der Waals surface area contributed by atoms with Crippen LogP contribution in [0.2, 0.25) is 0 Å². The van der Waals surface area contributed by atoms with Crippen molar-refractivity contribution in [2.75, 3.05) is 5.32 Å². The second kappa shape index (κ2) is 7.87. The summed E-state index contributed by atoms with van der Waals surface area (Å²) in [7, 11) is 0. The van der Waals surface area contributed by atoms with Crippen molar-refractivity contribution in [3.63, 3.8) is 0 Å². The average Bonchev–Trinajstić information content (AvgIpc) is 2.85. The molecule has 1 N–H and O–H groups in total. The van der Waals surface area contributed by atoms with Gasteiger partial charge in [0.25, 0.3) is 0 Å². The second-order valence-electron chi connectivity index (χ2n) is 5.64. The Labute approximate surface area is 139 Å². The van der Waals surface area contributed by atoms with E-state index in [0.717, 1.165) is 16.9 Å². The summed E-state index contributed by atoms with van der Waals surface area (Å²) in [6.07, 6.45) is 0.423. The predicted molar refractivity (Wildman–Crippen MR) is 90.5 cm³/mol. The van der Waals surface area contributed by atoms with E-state index in [-0.39, 0.29) is 18.4 Å². The standard InChI is InChI=1S/C17H20N2O3S/c1-11(2)9-14(20)19-17-18-12(3)15(23-17)16(21)22-10-13-7-5-4-6-8-13/h4-8,11H,9-10H2,1-3H3,(H,18,19,20). The third kappa shape index (κ3) is 5.17. The number of carbonyl (C=O) groups is 2. The summed E-state index contributed by atoms with van der Waals surface area (Å²) in [6.45, 7) is 5.89. The summed E-state index contributed by atoms with van der Waals surface area (Å²) in [5.41, 5.74) is 1.49. The van der Waals surface area contributed by atoms with Crippen molar-refractivity contribution in [2.24, 2.45) is 5.92 Å². The Morgan fingerprint density at radius 1 is 1.26 bits per heavy atom. The molecule has 2 aromatic rings. The zero-order chi connectivity index (χ0) is 16.8. The van der Waals surface area contributed by atoms with Gasteiger partial charge in [-0.05, 0) is 18.4 Å². The van der Waals surface area contributed by atoms with Gasteiger partial charge in [0.2, 0.25) is 5.91 Å². The van der Waals surface area contributed by atoms with Gasteiger partial charge in [0, 0.05) is 6.42 Å². The van der Waals surface area contributed by atoms with Crippen molar-refractivity contribution in [1.82, 2.24) is 4.98 Å². The Balaban J connectivity index is 1.97. The van der Waals surface area contributed by atoms with Crippen LogP contribution in [0.25, 0.3) is 0 Å². The molecule has 0 fully saturated rings. The number of aryl methyl sites for hydroxylation is 1. The van der Waals surface area contributed by atoms with Gasteiger partial charge in [0.15, 0.2) is 5.13 Å². The van der Waals surface area contributed by atoms with Crippen LogP contribution in [-0.2, 0) is 16.1 Å². The van der Waals surface area contributed by atoms with Crippen LogP contribution in [0.5, 0.6) is 0 Å². The number of aromatic nitrogens is 1. The van der Waals surface area contributed by atoms with Gasteiger partial charge in [-0.2, -0.15) is 0 Å². The molecular formula is C17H20N2O3S. The molecule has 0 bridgehead atoms. The molecule has 5 nitrogen and oxygen atoms in total. The van der Waals surface area contributed by atoms with E-state index in [2.05, 4.69) is 10.3 Å². The minimum atomic E-state index is -0.423. The fraction of sp³-hybridized carbons (Fsp3) is 0.353. The van der Waals surface area contributed by atoms with E-state index in [0.29, 0.717) is 22.1 Å². The highest BCUT2D eigenvalue weighted by Crippen LogP contribution is 2.24. The molecular weight excluding hydrogens is 312 g/mol. The second-order valence-corrected chi connectivity index (χ2v) is 6.64. The molecule has 0 atom stereocenters. The van der Waals surface area contributed by atoms with Gasteiger partial charge in [0.05, 0.1) is 5.69 Å². The average molecular weight is 332 g/mol. The maximum atomic E-state index is 12.2. The number of anilines is 1. The summed E-state index contributed by atoms with van der Waals surface area (Å²) >= 11 is 1.14. The van der Waals surface area contributed by atoms with Gasteiger partial charge < -0.3 is 10.1 Å². The van der Waals surface area contributed by atoms with Crippen LogP contribution in [0.15, 0.2) is 30.3 Å². The van der Waals surface area contributed by atoms with Crippen LogP contribution in [0.4, 0.5) is 5.13 Å². The van der Waals surface area contributed by atoms with Crippen molar-refractivity contribution in [3.05, 3.63) is 46.5 Å². The maximum absolute atomic E-state index is 12.2. The van der Waals surface area contributed by atoms with Crippen molar-refractivity contribution in [1.29, 1.82) is 0 Å². The molecule has 0 aliphatic carbocycles. The quantitative estimate of drug-likeness (QED) is 0.817. The number of nitrogens with one attached hydrogen (secondary N) is 1. The zero-order valence-electron chi connectivity index (χ0n) is 13.5. The highest BCUT2D eigenvalue weighted by molar-refractivity contribution is 7.17. The smallest absolute Gasteiger partial charge is 0.350 e. The van der Waals surface area contributed by atoms with Crippen LogP contribution < -0.4 is 5.32 Å². The number of carbonyl (C=O) groups excluding carboxylic acids is 2. The lowest BCUT2D eigenvalue weighted by Gasteiger charge is -2.04. The number of rotatable bonds is 6. The number of benzene rings is 1. The third-order valence-electron chi connectivity index (χ3n) is 3.03. The van der Waals surface area contributed by atoms with E-state index >= 15 is 0 Å². The molecule has 0 spiro atoms. The number of amides is 1. The molecule has 0 aliphatic heterocycles. The van der Waals surface area contributed by atoms with Crippen LogP contribution in [-0.4, -0.2) is 16.9 Å². The molecule has 23 heavy (non-hydrogen) atoms. The van der Waals surface area contributed by atoms with Crippen LogP contribution >= 0.6 is 11.3 Å². The minimum absolute atomic E-state index is 0.0991. The first-order valence-corrected chi connectivity index (χ1v) is 8.25. The summed E-state index contributed by atoms with van der Waals surface area (Å²) in [6, 6.07) is 9.48. The molecule has 1 heterocycles. The lowest BCUT2D eigenvalue weighted by Crippen LogP contribution is -2.13. The normalized spacial score (nSPS) is 10.6. The summed E-state index contributed by atoms with van der Waals surface area (Å²) in [4.78, 5) is 28.6. The van der Waals surface area contributed by atoms with E-state index in [1.807, 2.05) is 44.2 Å². The lowest BCUT2D eigenvalue weighted by molar-refractivity contribution is -0.116. The first kappa shape index (κ1) is 17.1. The molecule has 122 valence electrons. The monoisotopic (exact) mass is 332 g/mol. The molecule has 1 aromatic heterocycles. The largest absolute Gasteiger partial charge is 0.457 e. The van der Waals surface area contributed by atoms with E-state index in [1.54, 1.807) is 6.92 Å². The molecule has 2 rings (SSSR count). The van der Waals surface area contributed by atoms with Gasteiger partial charge in [-0.1, -0.05) is 55.5 Å². The Kier molecular flexibility index (Phi) is 5.87. The molecule has 0 radical (unpaired) electrons. The Hall–Kier alpha value is -2.21. The Morgan fingerprint density at radius 3 is 2.61 bits per heavy atom. The number of hydrogen-bond acceptors (Lipinski definition) is 5. The number of thiazole rings is 1. The molecule has 0 unspecified atom stereocenters. The number of hydrogen-bond donors (Lipinski definition) is 1. The molecule has 0 aliphatic rings. The SMILES string of the molecule is Cc1nc(NC(=O)CC(C)C)sc1C(=O)OCc1ccccc1. The number of nitrogens with zero attached hydrogens (tertiary/aromatic N) is 1. The first-order valence-electron chi connectivity index (χ1n) is 7.44. The third-order valence-corrected chi connectivity index (χ3v) is 4.09. The summed E-state index contributed by atoms with van der Waals surface area (Å²) in [5, 5.41) is 3.15. The van der Waals surface area contributed by atoms with Gasteiger partial charge in [-0.25, -0.2) is 9.78 Å². The highest BCUT2D eigenvalue weighted by Gasteiger charge is 2.18. The predicted octanol–water partition coefficient (Wildman–Crippen LogP) is 3.79. The van der Waals surface area contributed by atoms with E-state index in [4.69, 9.17) is 4.74 Å². The van der Waals surface area contributed by atoms with Gasteiger partial charge >= 0.3 is 5.97 Å². The molecule has 0 saturated heterocycles. The molecule has 0 saturated carbocycles. The van der Waals surface area contributed by atoms with Crippen molar-refractivity contribution in [2.45, 2.75) is 33.8 Å². The van der Waals surface area contributed by atoms with E-state index < -0.39 is 5.97 Å². The van der Waals surface area contributed by atoms with Crippen LogP contribution in [0, 0.1) is 12.8 Å². The van der Waals surface area contributed by atoms with Gasteiger partial charge in [0.1, 0.15) is 11.5 Å². The molecule has 6 heteroatoms. The Morgan fingerprint density at radius 2 is 1.96 bits per heavy atom. The highest BCUT2D eigenvalue weighted by atomic mass is 32.1. The fourth-order valence-corrected chi connectivity index (χ4v) is 2.85. The minimum Gasteiger partial charge on any atom is -0.457 e. The van der Waals surface area contributed by atoms with Crippen molar-refractivity contribution < 1.29 is 14.3 Å². The molecule has 1 aromatic carbocycles. The van der Waals surface area contributed by atoms with Crippen LogP contribution in [0.1, 0.15) is 41.2 Å². The van der Waals surface area contributed by atoms with Gasteiger partial charge in [-0.3, -0.25) is 4.79 Å². The van der Waals surface area contributed by atoms with Gasteiger partial charge in [-0.15, -0.1) is 0 Å². The lowest BCUT2D eigenvalue weighted by atomic mass is 10.1. The van der Waals surface area contributed by atoms with Crippen LogP contribution in [0.3, 0.4) is 0 Å². The van der Waals surface area contributed by atoms with Crippen molar-refractivity contribution in [3.8, 4) is 0 Å². The zero-order valence-corrected chi connectivity index (χ0v) is 14.3. The van der Waals surface area contributed by atoms with E-state index in [1.165, 1.54) is 0 Å². The topological polar surface area (TPSA) is 68.3 Å². The summed E-state index contributed by atoms with van der Waals surface area (Å²) in [5.74, 6) is -0.252. The number of esters is 1. The number of ether oxygens (including phenoxy) is 1. The fourth-order valence-electron chi connectivity index (χ4n) is 1.97.